The molecule has 2 fully saturated rings. The van der Waals surface area contributed by atoms with Gasteiger partial charge in [0.2, 0.25) is 0 Å². The van der Waals surface area contributed by atoms with Gasteiger partial charge in [0, 0.05) is 45.5 Å². The Bertz CT molecular complexity index is 881. The molecule has 160 valence electrons. The molecule has 31 heavy (non-hydrogen) atoms. The summed E-state index contributed by atoms with van der Waals surface area (Å²) in [6.07, 6.45) is 5.02. The smallest absolute Gasteiger partial charge is 0.266 e. The predicted octanol–water partition coefficient (Wildman–Crippen LogP) is 3.81. The second kappa shape index (κ2) is 10.3. The van der Waals surface area contributed by atoms with Crippen molar-refractivity contribution in [3.8, 4) is 6.07 Å². The Balaban J connectivity index is 1.45. The molecule has 2 aliphatic heterocycles. The predicted molar refractivity (Wildman–Crippen MR) is 122 cm³/mol. The number of piperidine rings is 1. The highest BCUT2D eigenvalue weighted by molar-refractivity contribution is 5.97. The van der Waals surface area contributed by atoms with Gasteiger partial charge in [-0.25, -0.2) is 0 Å². The Morgan fingerprint density at radius 3 is 1.87 bits per heavy atom. The molecule has 1 amide bonds. The zero-order chi connectivity index (χ0) is 21.5. The molecule has 0 atom stereocenters. The van der Waals surface area contributed by atoms with Gasteiger partial charge in [0.05, 0.1) is 6.04 Å². The molecule has 5 nitrogen and oxygen atoms in total. The molecular formula is C26H30N4O. The van der Waals surface area contributed by atoms with E-state index < -0.39 is 0 Å². The summed E-state index contributed by atoms with van der Waals surface area (Å²) in [6, 6.07) is 23.6. The van der Waals surface area contributed by atoms with E-state index in [0.29, 0.717) is 0 Å². The van der Waals surface area contributed by atoms with Crippen LogP contribution in [0.25, 0.3) is 0 Å². The van der Waals surface area contributed by atoms with Crippen molar-refractivity contribution in [1.29, 1.82) is 5.26 Å². The van der Waals surface area contributed by atoms with Gasteiger partial charge >= 0.3 is 0 Å². The van der Waals surface area contributed by atoms with Gasteiger partial charge in [-0.05, 0) is 30.4 Å². The molecule has 2 saturated heterocycles. The number of benzene rings is 2. The number of nitriles is 1. The molecule has 0 spiro atoms. The molecule has 2 aliphatic rings. The molecule has 0 bridgehead atoms. The van der Waals surface area contributed by atoms with Gasteiger partial charge in [-0.1, -0.05) is 60.7 Å². The van der Waals surface area contributed by atoms with Crippen LogP contribution in [-0.2, 0) is 4.79 Å². The van der Waals surface area contributed by atoms with E-state index in [0.717, 1.165) is 52.1 Å². The number of hydrogen-bond acceptors (Lipinski definition) is 4. The molecule has 5 heteroatoms. The molecule has 0 saturated carbocycles. The number of carbonyl (C=O) groups is 1. The number of hydrogen-bond donors (Lipinski definition) is 0. The Morgan fingerprint density at radius 2 is 1.35 bits per heavy atom. The highest BCUT2D eigenvalue weighted by atomic mass is 16.2. The number of nitrogens with zero attached hydrogens (tertiary/aromatic N) is 4. The van der Waals surface area contributed by atoms with E-state index in [1.165, 1.54) is 17.5 Å². The summed E-state index contributed by atoms with van der Waals surface area (Å²) in [6.45, 7) is 4.88. The summed E-state index contributed by atoms with van der Waals surface area (Å²) in [4.78, 5) is 19.2. The summed E-state index contributed by atoms with van der Waals surface area (Å²) < 4.78 is 0. The van der Waals surface area contributed by atoms with Crippen molar-refractivity contribution in [2.75, 3.05) is 39.3 Å². The largest absolute Gasteiger partial charge is 0.374 e. The Labute approximate surface area is 185 Å². The summed E-state index contributed by atoms with van der Waals surface area (Å²) in [5.74, 6) is -0.115. The third-order valence-electron chi connectivity index (χ3n) is 6.25. The molecule has 2 aromatic carbocycles. The summed E-state index contributed by atoms with van der Waals surface area (Å²) >= 11 is 0. The van der Waals surface area contributed by atoms with Crippen molar-refractivity contribution in [2.24, 2.45) is 0 Å². The number of amides is 1. The first-order chi connectivity index (χ1) is 15.3. The first-order valence-electron chi connectivity index (χ1n) is 11.3. The molecule has 0 aliphatic carbocycles. The third kappa shape index (κ3) is 5.15. The average Bonchev–Trinajstić information content (AvgIpc) is 2.85. The van der Waals surface area contributed by atoms with Crippen LogP contribution in [0.5, 0.6) is 0 Å². The van der Waals surface area contributed by atoms with E-state index >= 15 is 0 Å². The number of carbonyl (C=O) groups excluding carboxylic acids is 1. The molecule has 0 radical (unpaired) electrons. The SMILES string of the molecule is N#C/C(=C/N1CCN(C(c2ccccc2)c2ccccc2)CC1)C(=O)N1CCCCC1. The van der Waals surface area contributed by atoms with E-state index in [-0.39, 0.29) is 17.5 Å². The normalized spacial score (nSPS) is 18.1. The van der Waals surface area contributed by atoms with Crippen LogP contribution in [0.3, 0.4) is 0 Å². The number of likely N-dealkylation sites (tertiary alicyclic amines) is 1. The number of piperazine rings is 1. The average molecular weight is 415 g/mol. The second-order valence-electron chi connectivity index (χ2n) is 8.30. The second-order valence-corrected chi connectivity index (χ2v) is 8.30. The maximum Gasteiger partial charge on any atom is 0.266 e. The van der Waals surface area contributed by atoms with Crippen molar-refractivity contribution < 1.29 is 4.79 Å². The van der Waals surface area contributed by atoms with E-state index in [1.807, 2.05) is 4.90 Å². The van der Waals surface area contributed by atoms with Crippen molar-refractivity contribution in [3.05, 3.63) is 83.6 Å². The zero-order valence-electron chi connectivity index (χ0n) is 18.0. The van der Waals surface area contributed by atoms with Gasteiger partial charge in [0.1, 0.15) is 11.6 Å². The summed E-state index contributed by atoms with van der Waals surface area (Å²) in [7, 11) is 0. The minimum atomic E-state index is -0.115. The fourth-order valence-corrected chi connectivity index (χ4v) is 4.59. The Morgan fingerprint density at radius 1 is 0.806 bits per heavy atom. The van der Waals surface area contributed by atoms with Crippen LogP contribution in [-0.4, -0.2) is 59.9 Å². The van der Waals surface area contributed by atoms with E-state index in [1.54, 1.807) is 6.20 Å². The van der Waals surface area contributed by atoms with Gasteiger partial charge in [0.25, 0.3) is 5.91 Å². The van der Waals surface area contributed by atoms with Gasteiger partial charge in [-0.15, -0.1) is 0 Å². The fourth-order valence-electron chi connectivity index (χ4n) is 4.59. The summed E-state index contributed by atoms with van der Waals surface area (Å²) in [5, 5.41) is 9.59. The van der Waals surface area contributed by atoms with Gasteiger partial charge in [-0.3, -0.25) is 9.69 Å². The lowest BCUT2D eigenvalue weighted by molar-refractivity contribution is -0.127. The fraction of sp³-hybridized carbons (Fsp3) is 0.385. The zero-order valence-corrected chi connectivity index (χ0v) is 18.0. The first-order valence-corrected chi connectivity index (χ1v) is 11.3. The van der Waals surface area contributed by atoms with Crippen LogP contribution in [0.2, 0.25) is 0 Å². The minimum Gasteiger partial charge on any atom is -0.374 e. The Kier molecular flexibility index (Phi) is 7.01. The molecule has 0 unspecified atom stereocenters. The van der Waals surface area contributed by atoms with Crippen LogP contribution in [0, 0.1) is 11.3 Å². The molecule has 0 aromatic heterocycles. The quantitative estimate of drug-likeness (QED) is 0.551. The van der Waals surface area contributed by atoms with Gasteiger partial charge < -0.3 is 9.80 Å². The Hall–Kier alpha value is -3.10. The maximum absolute atomic E-state index is 12.7. The molecule has 2 aromatic rings. The monoisotopic (exact) mass is 414 g/mol. The van der Waals surface area contributed by atoms with Crippen LogP contribution < -0.4 is 0 Å². The number of rotatable bonds is 5. The van der Waals surface area contributed by atoms with E-state index in [9.17, 15) is 10.1 Å². The van der Waals surface area contributed by atoms with E-state index in [4.69, 9.17) is 0 Å². The van der Waals surface area contributed by atoms with Gasteiger partial charge in [0.15, 0.2) is 0 Å². The topological polar surface area (TPSA) is 50.6 Å². The highest BCUT2D eigenvalue weighted by Crippen LogP contribution is 2.29. The van der Waals surface area contributed by atoms with Crippen LogP contribution in [0.15, 0.2) is 72.4 Å². The lowest BCUT2D eigenvalue weighted by Gasteiger charge is -2.39. The van der Waals surface area contributed by atoms with Crippen molar-refractivity contribution in [1.82, 2.24) is 14.7 Å². The van der Waals surface area contributed by atoms with Crippen molar-refractivity contribution in [2.45, 2.75) is 25.3 Å². The molecular weight excluding hydrogens is 384 g/mol. The van der Waals surface area contributed by atoms with Crippen LogP contribution in [0.4, 0.5) is 0 Å². The first kappa shape index (κ1) is 21.1. The van der Waals surface area contributed by atoms with Crippen LogP contribution >= 0.6 is 0 Å². The van der Waals surface area contributed by atoms with Crippen LogP contribution in [0.1, 0.15) is 36.4 Å². The highest BCUT2D eigenvalue weighted by Gasteiger charge is 2.27. The lowest BCUT2D eigenvalue weighted by Crippen LogP contribution is -2.46. The minimum absolute atomic E-state index is 0.115. The molecule has 0 N–H and O–H groups in total. The van der Waals surface area contributed by atoms with Gasteiger partial charge in [-0.2, -0.15) is 5.26 Å². The van der Waals surface area contributed by atoms with E-state index in [2.05, 4.69) is 76.5 Å². The lowest BCUT2D eigenvalue weighted by atomic mass is 9.96. The summed E-state index contributed by atoms with van der Waals surface area (Å²) in [5.41, 5.74) is 2.84. The third-order valence-corrected chi connectivity index (χ3v) is 6.25. The maximum atomic E-state index is 12.7. The molecule has 4 rings (SSSR count). The van der Waals surface area contributed by atoms with Crippen molar-refractivity contribution >= 4 is 5.91 Å². The standard InChI is InChI=1S/C26H30N4O/c27-20-24(26(31)30-14-8-3-9-15-30)21-28-16-18-29(19-17-28)25(22-10-4-1-5-11-22)23-12-6-2-7-13-23/h1-2,4-7,10-13,21,25H,3,8-9,14-19H2/b24-21-. The van der Waals surface area contributed by atoms with Crippen molar-refractivity contribution in [3.63, 3.8) is 0 Å². The molecule has 2 heterocycles.